The summed E-state index contributed by atoms with van der Waals surface area (Å²) in [5.41, 5.74) is 0.974. The first-order valence-electron chi connectivity index (χ1n) is 8.62. The van der Waals surface area contributed by atoms with Crippen molar-refractivity contribution in [1.82, 2.24) is 0 Å². The van der Waals surface area contributed by atoms with Gasteiger partial charge in [0.05, 0.1) is 24.4 Å². The van der Waals surface area contributed by atoms with Crippen LogP contribution in [0.3, 0.4) is 0 Å². The van der Waals surface area contributed by atoms with Crippen molar-refractivity contribution in [2.75, 3.05) is 13.2 Å². The second-order valence-electron chi connectivity index (χ2n) is 6.17. The average molecular weight is 376 g/mol. The Bertz CT molecular complexity index is 841. The summed E-state index contributed by atoms with van der Waals surface area (Å²) in [5.74, 6) is -0.552. The van der Waals surface area contributed by atoms with Gasteiger partial charge in [-0.15, -0.1) is 0 Å². The zero-order valence-electron chi connectivity index (χ0n) is 14.8. The molecule has 1 aliphatic heterocycles. The van der Waals surface area contributed by atoms with Crippen molar-refractivity contribution in [1.29, 1.82) is 0 Å². The van der Waals surface area contributed by atoms with Gasteiger partial charge in [0.1, 0.15) is 6.10 Å². The Hall–Kier alpha value is -2.60. The number of esters is 1. The van der Waals surface area contributed by atoms with Crippen LogP contribution in [0.1, 0.15) is 29.7 Å². The standard InChI is InChI=1S/C21H19F3O3/c1-2-26-20(25)18-16(13-27-19(18)14-8-4-3-5-9-14)12-15-10-6-7-11-17(15)21(22,23)24/h3-11,19H,2,12-13H2,1H3. The zero-order chi connectivity index (χ0) is 19.4. The monoisotopic (exact) mass is 376 g/mol. The van der Waals surface area contributed by atoms with Crippen molar-refractivity contribution < 1.29 is 27.4 Å². The third kappa shape index (κ3) is 4.22. The number of carbonyl (C=O) groups is 1. The van der Waals surface area contributed by atoms with Gasteiger partial charge < -0.3 is 9.47 Å². The van der Waals surface area contributed by atoms with Crippen LogP contribution < -0.4 is 0 Å². The molecular weight excluding hydrogens is 357 g/mol. The lowest BCUT2D eigenvalue weighted by atomic mass is 9.93. The highest BCUT2D eigenvalue weighted by atomic mass is 19.4. The predicted octanol–water partition coefficient (Wildman–Crippen LogP) is 4.88. The molecule has 6 heteroatoms. The maximum atomic E-state index is 13.3. The van der Waals surface area contributed by atoms with Crippen molar-refractivity contribution in [2.24, 2.45) is 0 Å². The van der Waals surface area contributed by atoms with E-state index in [2.05, 4.69) is 0 Å². The Balaban J connectivity index is 2.01. The lowest BCUT2D eigenvalue weighted by Crippen LogP contribution is -2.15. The lowest BCUT2D eigenvalue weighted by Gasteiger charge is -2.15. The molecule has 0 bridgehead atoms. The van der Waals surface area contributed by atoms with Gasteiger partial charge in [0, 0.05) is 0 Å². The van der Waals surface area contributed by atoms with E-state index in [-0.39, 0.29) is 25.2 Å². The molecule has 2 aromatic carbocycles. The van der Waals surface area contributed by atoms with E-state index in [1.165, 1.54) is 12.1 Å². The fourth-order valence-corrected chi connectivity index (χ4v) is 3.21. The van der Waals surface area contributed by atoms with Crippen molar-refractivity contribution in [3.05, 3.63) is 82.4 Å². The van der Waals surface area contributed by atoms with E-state index in [0.29, 0.717) is 11.1 Å². The molecule has 0 N–H and O–H groups in total. The third-order valence-electron chi connectivity index (χ3n) is 4.39. The van der Waals surface area contributed by atoms with Gasteiger partial charge in [-0.1, -0.05) is 48.5 Å². The number of alkyl halides is 3. The Kier molecular flexibility index (Phi) is 5.65. The maximum Gasteiger partial charge on any atom is 0.416 e. The van der Waals surface area contributed by atoms with Crippen LogP contribution in [0.2, 0.25) is 0 Å². The van der Waals surface area contributed by atoms with Crippen molar-refractivity contribution in [3.63, 3.8) is 0 Å². The molecule has 0 spiro atoms. The molecule has 0 aromatic heterocycles. The Labute approximate surface area is 155 Å². The topological polar surface area (TPSA) is 35.5 Å². The summed E-state index contributed by atoms with van der Waals surface area (Å²) in [5, 5.41) is 0. The van der Waals surface area contributed by atoms with E-state index in [1.807, 2.05) is 30.3 Å². The molecule has 0 saturated heterocycles. The van der Waals surface area contributed by atoms with Gasteiger partial charge in [-0.05, 0) is 36.1 Å². The summed E-state index contributed by atoms with van der Waals surface area (Å²) in [4.78, 5) is 12.5. The highest BCUT2D eigenvalue weighted by Crippen LogP contribution is 2.38. The second kappa shape index (κ2) is 7.96. The van der Waals surface area contributed by atoms with Gasteiger partial charge in [-0.3, -0.25) is 0 Å². The molecule has 0 radical (unpaired) electrons. The number of benzene rings is 2. The van der Waals surface area contributed by atoms with Crippen LogP contribution in [0.15, 0.2) is 65.7 Å². The summed E-state index contributed by atoms with van der Waals surface area (Å²) in [6, 6.07) is 14.5. The summed E-state index contributed by atoms with van der Waals surface area (Å²) in [6.45, 7) is 1.95. The molecule has 3 rings (SSSR count). The molecule has 27 heavy (non-hydrogen) atoms. The fraction of sp³-hybridized carbons (Fsp3) is 0.286. The maximum absolute atomic E-state index is 13.3. The molecule has 0 aliphatic carbocycles. The van der Waals surface area contributed by atoms with Crippen LogP contribution in [0, 0.1) is 0 Å². The largest absolute Gasteiger partial charge is 0.463 e. The van der Waals surface area contributed by atoms with E-state index in [0.717, 1.165) is 11.6 Å². The Morgan fingerprint density at radius 1 is 1.11 bits per heavy atom. The fourth-order valence-electron chi connectivity index (χ4n) is 3.21. The van der Waals surface area contributed by atoms with Crippen LogP contribution in [-0.2, 0) is 26.9 Å². The highest BCUT2D eigenvalue weighted by molar-refractivity contribution is 5.91. The Morgan fingerprint density at radius 3 is 2.44 bits per heavy atom. The van der Waals surface area contributed by atoms with Crippen molar-refractivity contribution in [2.45, 2.75) is 25.6 Å². The van der Waals surface area contributed by atoms with Crippen LogP contribution in [0.5, 0.6) is 0 Å². The molecule has 3 nitrogen and oxygen atoms in total. The van der Waals surface area contributed by atoms with Crippen LogP contribution in [0.4, 0.5) is 13.2 Å². The summed E-state index contributed by atoms with van der Waals surface area (Å²) >= 11 is 0. The average Bonchev–Trinajstić information content (AvgIpc) is 3.06. The van der Waals surface area contributed by atoms with Crippen LogP contribution in [0.25, 0.3) is 0 Å². The summed E-state index contributed by atoms with van der Waals surface area (Å²) in [7, 11) is 0. The molecule has 1 atom stereocenters. The van der Waals surface area contributed by atoms with E-state index in [4.69, 9.17) is 9.47 Å². The molecular formula is C21H19F3O3. The van der Waals surface area contributed by atoms with Gasteiger partial charge in [0.2, 0.25) is 0 Å². The van der Waals surface area contributed by atoms with E-state index >= 15 is 0 Å². The number of halogens is 3. The minimum absolute atomic E-state index is 0.0207. The molecule has 0 fully saturated rings. The minimum Gasteiger partial charge on any atom is -0.463 e. The van der Waals surface area contributed by atoms with Gasteiger partial charge in [0.15, 0.2) is 0 Å². The smallest absolute Gasteiger partial charge is 0.416 e. The van der Waals surface area contributed by atoms with Crippen LogP contribution in [-0.4, -0.2) is 19.2 Å². The normalized spacial score (nSPS) is 17.3. The van der Waals surface area contributed by atoms with Crippen LogP contribution >= 0.6 is 0 Å². The quantitative estimate of drug-likeness (QED) is 0.698. The molecule has 1 heterocycles. The third-order valence-corrected chi connectivity index (χ3v) is 4.39. The Morgan fingerprint density at radius 2 is 1.78 bits per heavy atom. The highest BCUT2D eigenvalue weighted by Gasteiger charge is 2.36. The molecule has 0 amide bonds. The number of carbonyl (C=O) groups excluding carboxylic acids is 1. The first-order chi connectivity index (χ1) is 12.9. The van der Waals surface area contributed by atoms with Gasteiger partial charge >= 0.3 is 12.1 Å². The molecule has 0 saturated carbocycles. The first kappa shape index (κ1) is 19.2. The van der Waals surface area contributed by atoms with Gasteiger partial charge in [0.25, 0.3) is 0 Å². The first-order valence-corrected chi connectivity index (χ1v) is 8.62. The zero-order valence-corrected chi connectivity index (χ0v) is 14.8. The molecule has 142 valence electrons. The second-order valence-corrected chi connectivity index (χ2v) is 6.17. The van der Waals surface area contributed by atoms with Gasteiger partial charge in [-0.2, -0.15) is 13.2 Å². The SMILES string of the molecule is CCOC(=O)C1=C(Cc2ccccc2C(F)(F)F)COC1c1ccccc1. The molecule has 1 unspecified atom stereocenters. The van der Waals surface area contributed by atoms with E-state index < -0.39 is 23.8 Å². The summed E-state index contributed by atoms with van der Waals surface area (Å²) < 4.78 is 50.8. The lowest BCUT2D eigenvalue weighted by molar-refractivity contribution is -0.139. The molecule has 2 aromatic rings. The van der Waals surface area contributed by atoms with Crippen molar-refractivity contribution >= 4 is 5.97 Å². The van der Waals surface area contributed by atoms with Gasteiger partial charge in [-0.25, -0.2) is 4.79 Å². The summed E-state index contributed by atoms with van der Waals surface area (Å²) in [6.07, 6.45) is -5.12. The number of rotatable bonds is 5. The van der Waals surface area contributed by atoms with E-state index in [9.17, 15) is 18.0 Å². The van der Waals surface area contributed by atoms with E-state index in [1.54, 1.807) is 13.0 Å². The molecule has 1 aliphatic rings. The van der Waals surface area contributed by atoms with Crippen molar-refractivity contribution in [3.8, 4) is 0 Å². The number of hydrogen-bond acceptors (Lipinski definition) is 3. The number of hydrogen-bond donors (Lipinski definition) is 0. The minimum atomic E-state index is -4.46. The number of ether oxygens (including phenoxy) is 2. The predicted molar refractivity (Wildman–Crippen MR) is 93.9 cm³/mol.